The van der Waals surface area contributed by atoms with Crippen LogP contribution in [0.1, 0.15) is 29.7 Å². The van der Waals surface area contributed by atoms with Crippen molar-refractivity contribution in [2.75, 3.05) is 11.5 Å². The minimum Gasteiger partial charge on any atom is -0.507 e. The molecule has 1 fully saturated rings. The summed E-state index contributed by atoms with van der Waals surface area (Å²) in [5.41, 5.74) is 2.45. The fourth-order valence-electron chi connectivity index (χ4n) is 4.17. The maximum Gasteiger partial charge on any atom is 0.301 e. The molecule has 0 spiro atoms. The van der Waals surface area contributed by atoms with Crippen LogP contribution in [-0.4, -0.2) is 28.4 Å². The van der Waals surface area contributed by atoms with E-state index in [9.17, 15) is 19.1 Å². The number of aromatic nitrogens is 1. The maximum atomic E-state index is 13.7. The van der Waals surface area contributed by atoms with E-state index in [1.165, 1.54) is 40.5 Å². The Balaban J connectivity index is 1.71. The van der Waals surface area contributed by atoms with Gasteiger partial charge in [-0.3, -0.25) is 14.5 Å². The third kappa shape index (κ3) is 4.06. The van der Waals surface area contributed by atoms with Crippen molar-refractivity contribution in [1.29, 1.82) is 0 Å². The fraction of sp³-hybridized carbons (Fsp3) is 0.148. The summed E-state index contributed by atoms with van der Waals surface area (Å²) in [5, 5.41) is 11.6. The highest BCUT2D eigenvalue weighted by Crippen LogP contribution is 2.44. The number of anilines is 1. The number of Topliss-reactive ketones (excluding diaryl/α,β-unsaturated/α-hetero) is 1. The lowest BCUT2D eigenvalue weighted by molar-refractivity contribution is -0.132. The van der Waals surface area contributed by atoms with Gasteiger partial charge in [-0.25, -0.2) is 9.37 Å². The number of fused-ring (bicyclic) bond motifs is 1. The third-order valence-corrected chi connectivity index (χ3v) is 6.80. The summed E-state index contributed by atoms with van der Waals surface area (Å²) in [6, 6.07) is 16.9. The molecule has 35 heavy (non-hydrogen) atoms. The molecule has 1 aliphatic heterocycles. The molecule has 0 saturated carbocycles. The van der Waals surface area contributed by atoms with E-state index >= 15 is 0 Å². The molecular formula is C27H21FN2O4S. The Morgan fingerprint density at radius 3 is 2.63 bits per heavy atom. The van der Waals surface area contributed by atoms with Gasteiger partial charge >= 0.3 is 5.91 Å². The predicted molar refractivity (Wildman–Crippen MR) is 133 cm³/mol. The van der Waals surface area contributed by atoms with Gasteiger partial charge in [-0.05, 0) is 61.4 Å². The summed E-state index contributed by atoms with van der Waals surface area (Å²) in [7, 11) is 0. The lowest BCUT2D eigenvalue weighted by atomic mass is 9.95. The number of carbonyl (C=O) groups is 2. The van der Waals surface area contributed by atoms with Crippen molar-refractivity contribution in [3.8, 4) is 5.75 Å². The van der Waals surface area contributed by atoms with Gasteiger partial charge in [0.05, 0.1) is 28.4 Å². The van der Waals surface area contributed by atoms with E-state index in [1.807, 2.05) is 32.0 Å². The number of aliphatic hydroxyl groups is 1. The van der Waals surface area contributed by atoms with Crippen LogP contribution in [-0.2, 0) is 9.59 Å². The van der Waals surface area contributed by atoms with Gasteiger partial charge in [0, 0.05) is 5.56 Å². The molecule has 2 heterocycles. The number of thiazole rings is 1. The average Bonchev–Trinajstić information content (AvgIpc) is 3.37. The quantitative estimate of drug-likeness (QED) is 0.219. The van der Waals surface area contributed by atoms with Crippen molar-refractivity contribution < 1.29 is 23.8 Å². The SMILES string of the molecule is CCOc1cccc(C(O)=C2C(=O)C(=O)N(c3nc4ccc(C)cc4s3)C2c2ccc(F)cc2)c1. The number of aryl methyl sites for hydroxylation is 1. The number of rotatable bonds is 5. The van der Waals surface area contributed by atoms with Crippen LogP contribution < -0.4 is 9.64 Å². The molecule has 1 aliphatic rings. The second-order valence-electron chi connectivity index (χ2n) is 8.15. The first-order chi connectivity index (χ1) is 16.9. The van der Waals surface area contributed by atoms with Gasteiger partial charge in [-0.1, -0.05) is 41.7 Å². The van der Waals surface area contributed by atoms with E-state index in [-0.39, 0.29) is 11.3 Å². The van der Waals surface area contributed by atoms with Crippen molar-refractivity contribution in [2.45, 2.75) is 19.9 Å². The highest BCUT2D eigenvalue weighted by atomic mass is 32.1. The molecule has 1 amide bonds. The van der Waals surface area contributed by atoms with Crippen LogP contribution in [0.25, 0.3) is 16.0 Å². The van der Waals surface area contributed by atoms with Crippen LogP contribution in [0, 0.1) is 12.7 Å². The normalized spacial score (nSPS) is 17.3. The summed E-state index contributed by atoms with van der Waals surface area (Å²) in [6.07, 6.45) is 0. The maximum absolute atomic E-state index is 13.7. The van der Waals surface area contributed by atoms with Crippen LogP contribution >= 0.6 is 11.3 Å². The summed E-state index contributed by atoms with van der Waals surface area (Å²) < 4.78 is 20.1. The molecule has 8 heteroatoms. The van der Waals surface area contributed by atoms with Crippen LogP contribution in [0.5, 0.6) is 5.75 Å². The number of amides is 1. The van der Waals surface area contributed by atoms with Gasteiger partial charge in [0.2, 0.25) is 0 Å². The van der Waals surface area contributed by atoms with Gasteiger partial charge in [0.15, 0.2) is 5.13 Å². The van der Waals surface area contributed by atoms with Crippen molar-refractivity contribution in [3.63, 3.8) is 0 Å². The highest BCUT2D eigenvalue weighted by molar-refractivity contribution is 7.22. The molecule has 0 aliphatic carbocycles. The number of nitrogens with zero attached hydrogens (tertiary/aromatic N) is 2. The number of hydrogen-bond acceptors (Lipinski definition) is 6. The second kappa shape index (κ2) is 8.96. The van der Waals surface area contributed by atoms with Crippen molar-refractivity contribution >= 4 is 44.1 Å². The molecule has 0 radical (unpaired) electrons. The topological polar surface area (TPSA) is 79.7 Å². The Hall–Kier alpha value is -4.04. The summed E-state index contributed by atoms with van der Waals surface area (Å²) in [4.78, 5) is 32.5. The number of ketones is 1. The molecule has 3 aromatic carbocycles. The number of hydrogen-bond donors (Lipinski definition) is 1. The fourth-order valence-corrected chi connectivity index (χ4v) is 5.26. The summed E-state index contributed by atoms with van der Waals surface area (Å²) in [5.74, 6) is -1.92. The number of carbonyl (C=O) groups excluding carboxylic acids is 2. The molecule has 176 valence electrons. The van der Waals surface area contributed by atoms with E-state index in [0.29, 0.717) is 34.1 Å². The van der Waals surface area contributed by atoms with E-state index < -0.39 is 23.5 Å². The Kier molecular flexibility index (Phi) is 5.82. The monoisotopic (exact) mass is 488 g/mol. The molecule has 1 unspecified atom stereocenters. The average molecular weight is 489 g/mol. The smallest absolute Gasteiger partial charge is 0.301 e. The van der Waals surface area contributed by atoms with Crippen molar-refractivity contribution in [2.24, 2.45) is 0 Å². The molecular weight excluding hydrogens is 467 g/mol. The zero-order valence-corrected chi connectivity index (χ0v) is 19.8. The largest absolute Gasteiger partial charge is 0.507 e. The number of halogens is 1. The first kappa shape index (κ1) is 22.7. The molecule has 5 rings (SSSR count). The zero-order chi connectivity index (χ0) is 24.7. The molecule has 1 saturated heterocycles. The molecule has 4 aromatic rings. The predicted octanol–water partition coefficient (Wildman–Crippen LogP) is 5.77. The minimum absolute atomic E-state index is 0.0920. The van der Waals surface area contributed by atoms with Crippen LogP contribution in [0.3, 0.4) is 0 Å². The Morgan fingerprint density at radius 2 is 1.89 bits per heavy atom. The van der Waals surface area contributed by atoms with Crippen molar-refractivity contribution in [3.05, 3.63) is 94.8 Å². The molecule has 0 bridgehead atoms. The Labute approximate surface area is 204 Å². The van der Waals surface area contributed by atoms with Crippen LogP contribution in [0.4, 0.5) is 9.52 Å². The van der Waals surface area contributed by atoms with Gasteiger partial charge in [-0.15, -0.1) is 0 Å². The number of benzene rings is 3. The van der Waals surface area contributed by atoms with Gasteiger partial charge in [0.1, 0.15) is 17.3 Å². The highest BCUT2D eigenvalue weighted by Gasteiger charge is 2.48. The molecule has 6 nitrogen and oxygen atoms in total. The lowest BCUT2D eigenvalue weighted by Gasteiger charge is -2.23. The Morgan fingerprint density at radius 1 is 1.11 bits per heavy atom. The zero-order valence-electron chi connectivity index (χ0n) is 19.0. The molecule has 1 N–H and O–H groups in total. The van der Waals surface area contributed by atoms with Crippen LogP contribution in [0.15, 0.2) is 72.3 Å². The lowest BCUT2D eigenvalue weighted by Crippen LogP contribution is -2.29. The second-order valence-corrected chi connectivity index (χ2v) is 9.16. The van der Waals surface area contributed by atoms with E-state index in [2.05, 4.69) is 4.98 Å². The van der Waals surface area contributed by atoms with Gasteiger partial charge < -0.3 is 9.84 Å². The molecule has 1 aromatic heterocycles. The van der Waals surface area contributed by atoms with E-state index in [0.717, 1.165) is 10.3 Å². The van der Waals surface area contributed by atoms with Gasteiger partial charge in [0.25, 0.3) is 5.78 Å². The Bertz CT molecular complexity index is 1490. The van der Waals surface area contributed by atoms with Crippen LogP contribution in [0.2, 0.25) is 0 Å². The first-order valence-corrected chi connectivity index (χ1v) is 11.9. The minimum atomic E-state index is -0.979. The summed E-state index contributed by atoms with van der Waals surface area (Å²) in [6.45, 7) is 4.23. The van der Waals surface area contributed by atoms with E-state index in [4.69, 9.17) is 4.74 Å². The van der Waals surface area contributed by atoms with Gasteiger partial charge in [-0.2, -0.15) is 0 Å². The number of ether oxygens (including phenoxy) is 1. The molecule has 1 atom stereocenters. The first-order valence-electron chi connectivity index (χ1n) is 11.0. The number of aliphatic hydroxyl groups excluding tert-OH is 1. The third-order valence-electron chi connectivity index (χ3n) is 5.79. The van der Waals surface area contributed by atoms with Crippen molar-refractivity contribution in [1.82, 2.24) is 4.98 Å². The summed E-state index contributed by atoms with van der Waals surface area (Å²) >= 11 is 1.28. The standard InChI is InChI=1S/C27H21FN2O4S/c1-3-34-19-6-4-5-17(14-19)24(31)22-23(16-8-10-18(28)11-9-16)30(26(33)25(22)32)27-29-20-12-7-15(2)13-21(20)35-27/h4-14,23,31H,3H2,1-2H3. The van der Waals surface area contributed by atoms with E-state index in [1.54, 1.807) is 24.3 Å².